The monoisotopic (exact) mass is 321 g/mol. The molecule has 6 heteroatoms. The molecule has 0 aromatic carbocycles. The minimum absolute atomic E-state index is 0.0251. The van der Waals surface area contributed by atoms with Crippen molar-refractivity contribution in [1.29, 1.82) is 0 Å². The molecule has 0 bridgehead atoms. The first-order valence-electron chi connectivity index (χ1n) is 8.48. The van der Waals surface area contributed by atoms with Gasteiger partial charge < -0.3 is 19.8 Å². The maximum Gasteiger partial charge on any atom is 0.220 e. The van der Waals surface area contributed by atoms with Gasteiger partial charge in [-0.25, -0.2) is 0 Å². The van der Waals surface area contributed by atoms with E-state index in [1.807, 2.05) is 0 Å². The zero-order chi connectivity index (χ0) is 16.6. The number of nitrogens with zero attached hydrogens (tertiary/aromatic N) is 2. The smallest absolute Gasteiger partial charge is 0.220 e. The minimum Gasteiger partial charge on any atom is -0.391 e. The number of amides is 1. The van der Waals surface area contributed by atoms with Crippen molar-refractivity contribution in [3.05, 3.63) is 18.0 Å². The molecule has 1 aliphatic heterocycles. The number of likely N-dealkylation sites (tertiary alicyclic amines) is 1. The zero-order valence-corrected chi connectivity index (χ0v) is 14.2. The molecule has 6 nitrogen and oxygen atoms in total. The molecule has 1 aromatic rings. The second-order valence-electron chi connectivity index (χ2n) is 7.61. The van der Waals surface area contributed by atoms with E-state index in [1.54, 1.807) is 6.07 Å². The number of nitrogens with one attached hydrogen (secondary N) is 1. The SMILES string of the molecule is CC(C)C1N(C)CC12C[C@@H](O)[C@H](NC(=O)CCc1ccon1)C2. The van der Waals surface area contributed by atoms with Crippen LogP contribution in [-0.2, 0) is 11.2 Å². The highest BCUT2D eigenvalue weighted by atomic mass is 16.5. The molecule has 128 valence electrons. The van der Waals surface area contributed by atoms with Gasteiger partial charge in [-0.3, -0.25) is 4.79 Å². The van der Waals surface area contributed by atoms with Gasteiger partial charge in [-0.15, -0.1) is 0 Å². The molecule has 2 unspecified atom stereocenters. The second-order valence-corrected chi connectivity index (χ2v) is 7.61. The van der Waals surface area contributed by atoms with E-state index in [2.05, 4.69) is 36.3 Å². The number of carbonyl (C=O) groups excluding carboxylic acids is 1. The third-order valence-corrected chi connectivity index (χ3v) is 5.45. The van der Waals surface area contributed by atoms with Crippen LogP contribution >= 0.6 is 0 Å². The van der Waals surface area contributed by atoms with Gasteiger partial charge in [0.25, 0.3) is 0 Å². The fourth-order valence-corrected chi connectivity index (χ4v) is 4.88. The van der Waals surface area contributed by atoms with Crippen molar-refractivity contribution in [1.82, 2.24) is 15.4 Å². The minimum atomic E-state index is -0.444. The molecule has 23 heavy (non-hydrogen) atoms. The lowest BCUT2D eigenvalue weighted by Crippen LogP contribution is -2.64. The van der Waals surface area contributed by atoms with Crippen LogP contribution in [0.25, 0.3) is 0 Å². The van der Waals surface area contributed by atoms with E-state index < -0.39 is 6.10 Å². The summed E-state index contributed by atoms with van der Waals surface area (Å²) in [6.45, 7) is 5.48. The van der Waals surface area contributed by atoms with Crippen molar-refractivity contribution in [3.63, 3.8) is 0 Å². The van der Waals surface area contributed by atoms with E-state index >= 15 is 0 Å². The molecular weight excluding hydrogens is 294 g/mol. The third-order valence-electron chi connectivity index (χ3n) is 5.45. The first-order chi connectivity index (χ1) is 10.9. The Morgan fingerprint density at radius 2 is 2.35 bits per heavy atom. The number of hydrogen-bond donors (Lipinski definition) is 2. The summed E-state index contributed by atoms with van der Waals surface area (Å²) in [5.74, 6) is 0.533. The van der Waals surface area contributed by atoms with Crippen LogP contribution in [0, 0.1) is 11.3 Å². The summed E-state index contributed by atoms with van der Waals surface area (Å²) < 4.78 is 4.76. The van der Waals surface area contributed by atoms with E-state index in [4.69, 9.17) is 4.52 Å². The van der Waals surface area contributed by atoms with Crippen molar-refractivity contribution >= 4 is 5.91 Å². The quantitative estimate of drug-likeness (QED) is 0.852. The van der Waals surface area contributed by atoms with E-state index in [0.29, 0.717) is 24.8 Å². The van der Waals surface area contributed by atoms with Crippen LogP contribution in [0.4, 0.5) is 0 Å². The van der Waals surface area contributed by atoms with Gasteiger partial charge in [0.15, 0.2) is 0 Å². The zero-order valence-electron chi connectivity index (χ0n) is 14.2. The number of aromatic nitrogens is 1. The van der Waals surface area contributed by atoms with Crippen LogP contribution in [-0.4, -0.2) is 52.9 Å². The molecule has 1 spiro atoms. The number of rotatable bonds is 5. The maximum atomic E-state index is 12.1. The van der Waals surface area contributed by atoms with Gasteiger partial charge in [-0.2, -0.15) is 0 Å². The predicted molar refractivity (Wildman–Crippen MR) is 85.7 cm³/mol. The average molecular weight is 321 g/mol. The van der Waals surface area contributed by atoms with Gasteiger partial charge in [0.1, 0.15) is 6.26 Å². The molecular formula is C17H27N3O3. The van der Waals surface area contributed by atoms with Gasteiger partial charge in [-0.1, -0.05) is 19.0 Å². The number of aryl methyl sites for hydroxylation is 1. The summed E-state index contributed by atoms with van der Waals surface area (Å²) in [7, 11) is 2.14. The molecule has 2 aliphatic rings. The molecule has 0 radical (unpaired) electrons. The topological polar surface area (TPSA) is 78.6 Å². The highest BCUT2D eigenvalue weighted by molar-refractivity contribution is 5.76. The lowest BCUT2D eigenvalue weighted by Gasteiger charge is -2.57. The summed E-state index contributed by atoms with van der Waals surface area (Å²) in [5, 5.41) is 17.2. The summed E-state index contributed by atoms with van der Waals surface area (Å²) in [6, 6.07) is 2.13. The van der Waals surface area contributed by atoms with Crippen molar-refractivity contribution in [2.45, 2.75) is 57.7 Å². The van der Waals surface area contributed by atoms with E-state index in [0.717, 1.165) is 25.1 Å². The maximum absolute atomic E-state index is 12.1. The summed E-state index contributed by atoms with van der Waals surface area (Å²) in [4.78, 5) is 14.5. The fourth-order valence-electron chi connectivity index (χ4n) is 4.88. The van der Waals surface area contributed by atoms with Crippen LogP contribution < -0.4 is 5.32 Å². The van der Waals surface area contributed by atoms with Crippen LogP contribution in [0.2, 0.25) is 0 Å². The van der Waals surface area contributed by atoms with Gasteiger partial charge in [0.2, 0.25) is 5.91 Å². The number of hydrogen-bond acceptors (Lipinski definition) is 5. The van der Waals surface area contributed by atoms with Crippen molar-refractivity contribution in [3.8, 4) is 0 Å². The second kappa shape index (κ2) is 6.24. The predicted octanol–water partition coefficient (Wildman–Crippen LogP) is 1.20. The first-order valence-corrected chi connectivity index (χ1v) is 8.48. The Morgan fingerprint density at radius 3 is 2.96 bits per heavy atom. The normalized spacial score (nSPS) is 34.0. The molecule has 2 N–H and O–H groups in total. The third kappa shape index (κ3) is 3.15. The first kappa shape index (κ1) is 16.5. The molecule has 4 atom stereocenters. The standard InChI is InChI=1S/C17H27N3O3/c1-11(2)16-17(10-20(16)3)8-13(14(21)9-17)18-15(22)5-4-12-6-7-23-19-12/h6-7,11,13-14,16,21H,4-5,8-10H2,1-3H3,(H,18,22)/t13-,14-,16?,17?/m1/s1. The summed E-state index contributed by atoms with van der Waals surface area (Å²) in [5.41, 5.74) is 0.941. The lowest BCUT2D eigenvalue weighted by atomic mass is 9.66. The molecule has 2 heterocycles. The van der Waals surface area contributed by atoms with E-state index in [-0.39, 0.29) is 17.4 Å². The van der Waals surface area contributed by atoms with Crippen LogP contribution in [0.15, 0.2) is 16.9 Å². The van der Waals surface area contributed by atoms with Crippen LogP contribution in [0.5, 0.6) is 0 Å². The van der Waals surface area contributed by atoms with E-state index in [9.17, 15) is 9.90 Å². The van der Waals surface area contributed by atoms with Gasteiger partial charge in [0, 0.05) is 36.9 Å². The number of carbonyl (C=O) groups is 1. The molecule has 1 aliphatic carbocycles. The number of aliphatic hydroxyl groups excluding tert-OH is 1. The summed E-state index contributed by atoms with van der Waals surface area (Å²) >= 11 is 0. The Hall–Kier alpha value is -1.40. The average Bonchev–Trinajstić information content (AvgIpc) is 3.05. The highest BCUT2D eigenvalue weighted by Gasteiger charge is 2.58. The fraction of sp³-hybridized carbons (Fsp3) is 0.765. The molecule has 1 saturated carbocycles. The molecule has 2 fully saturated rings. The molecule has 1 aromatic heterocycles. The lowest BCUT2D eigenvalue weighted by molar-refractivity contribution is -0.122. The van der Waals surface area contributed by atoms with Gasteiger partial charge in [-0.05, 0) is 25.8 Å². The van der Waals surface area contributed by atoms with Crippen molar-refractivity contribution in [2.24, 2.45) is 11.3 Å². The van der Waals surface area contributed by atoms with Crippen molar-refractivity contribution < 1.29 is 14.4 Å². The Labute approximate surface area is 137 Å². The highest BCUT2D eigenvalue weighted by Crippen LogP contribution is 2.52. The molecule has 1 saturated heterocycles. The largest absolute Gasteiger partial charge is 0.391 e. The Balaban J connectivity index is 1.54. The Morgan fingerprint density at radius 1 is 1.57 bits per heavy atom. The van der Waals surface area contributed by atoms with E-state index in [1.165, 1.54) is 6.26 Å². The Bertz CT molecular complexity index is 541. The van der Waals surface area contributed by atoms with Crippen molar-refractivity contribution in [2.75, 3.05) is 13.6 Å². The Kier molecular flexibility index (Phi) is 4.47. The summed E-state index contributed by atoms with van der Waals surface area (Å²) in [6.07, 6.45) is 3.66. The van der Waals surface area contributed by atoms with Gasteiger partial charge >= 0.3 is 0 Å². The van der Waals surface area contributed by atoms with Crippen LogP contribution in [0.3, 0.4) is 0 Å². The van der Waals surface area contributed by atoms with Gasteiger partial charge in [0.05, 0.1) is 17.8 Å². The number of aliphatic hydroxyl groups is 1. The van der Waals surface area contributed by atoms with Crippen LogP contribution in [0.1, 0.15) is 38.8 Å². The molecule has 3 rings (SSSR count). The molecule has 1 amide bonds.